The molecule has 6 nitrogen and oxygen atoms in total. The highest BCUT2D eigenvalue weighted by Crippen LogP contribution is 2.07. The van der Waals surface area contributed by atoms with Crippen molar-refractivity contribution in [2.75, 3.05) is 19.8 Å². The summed E-state index contributed by atoms with van der Waals surface area (Å²) in [6.45, 7) is -1.70. The molecular formula is C4H9B4N3O3. The second-order valence-corrected chi connectivity index (χ2v) is 2.47. The highest BCUT2D eigenvalue weighted by molar-refractivity contribution is 7.49. The maximum atomic E-state index is 8.52. The Labute approximate surface area is 86.6 Å². The van der Waals surface area contributed by atoms with Crippen molar-refractivity contribution >= 4 is 29.6 Å². The van der Waals surface area contributed by atoms with Gasteiger partial charge < -0.3 is 15.3 Å². The Morgan fingerprint density at radius 2 is 1.43 bits per heavy atom. The van der Waals surface area contributed by atoms with Gasteiger partial charge in [0.1, 0.15) is 5.54 Å². The van der Waals surface area contributed by atoms with Gasteiger partial charge in [-0.25, -0.2) is 0 Å². The molecule has 0 aliphatic rings. The number of aliphatic hydroxyl groups excluding tert-OH is 3. The molecule has 0 aliphatic carbocycles. The van der Waals surface area contributed by atoms with Crippen LogP contribution >= 0.6 is 0 Å². The van der Waals surface area contributed by atoms with E-state index in [0.717, 1.165) is 0 Å². The molecule has 0 rings (SSSR count). The summed E-state index contributed by atoms with van der Waals surface area (Å²) in [5.41, 5.74) is 6.47. The van der Waals surface area contributed by atoms with Crippen LogP contribution in [-0.4, -0.2) is 70.3 Å². The number of nitrogens with zero attached hydrogens (tertiary/aromatic N) is 3. The summed E-state index contributed by atoms with van der Waals surface area (Å²) in [4.78, 5) is 2.37. The van der Waals surface area contributed by atoms with Crippen LogP contribution in [0.4, 0.5) is 0 Å². The van der Waals surface area contributed by atoms with Crippen LogP contribution in [0.3, 0.4) is 0 Å². The summed E-state index contributed by atoms with van der Waals surface area (Å²) < 4.78 is 0. The van der Waals surface area contributed by atoms with Gasteiger partial charge >= 0.3 is 0 Å². The fourth-order valence-electron chi connectivity index (χ4n) is 0.340. The number of hydrogen-bond acceptors (Lipinski definition) is 4. The quantitative estimate of drug-likeness (QED) is 0.197. The minimum Gasteiger partial charge on any atom is -0.395 e. The molecule has 0 heterocycles. The highest BCUT2D eigenvalue weighted by Gasteiger charge is 2.25. The van der Waals surface area contributed by atoms with Crippen LogP contribution in [0.25, 0.3) is 10.4 Å². The minimum atomic E-state index is -1.45. The molecule has 0 aromatic heterocycles. The standard InChI is InChI=1S/C4H9N3O3.B4/c5-7-6-4(1-8,2-9)3-10;1-4(2)3/h8-10H,1-3H2;. The first kappa shape index (κ1) is 15.9. The average Bonchev–Trinajstić information content (AvgIpc) is 2.14. The normalized spacial score (nSPS) is 9.36. The molecule has 0 amide bonds. The maximum Gasteiger partial charge on any atom is 0.118 e. The van der Waals surface area contributed by atoms with E-state index < -0.39 is 31.7 Å². The molecule has 0 saturated heterocycles. The van der Waals surface area contributed by atoms with Crippen molar-refractivity contribution in [3.63, 3.8) is 0 Å². The van der Waals surface area contributed by atoms with E-state index in [1.54, 1.807) is 0 Å². The van der Waals surface area contributed by atoms with Gasteiger partial charge in [-0.2, -0.15) is 0 Å². The van der Waals surface area contributed by atoms with Gasteiger partial charge in [-0.05, 0) is 5.53 Å². The first-order valence-electron chi connectivity index (χ1n) is 3.63. The topological polar surface area (TPSA) is 109 Å². The fourth-order valence-corrected chi connectivity index (χ4v) is 0.340. The summed E-state index contributed by atoms with van der Waals surface area (Å²) in [6.07, 6.45) is -0.667. The van der Waals surface area contributed by atoms with Crippen LogP contribution in [0.1, 0.15) is 0 Å². The first-order valence-corrected chi connectivity index (χ1v) is 3.63. The van der Waals surface area contributed by atoms with Gasteiger partial charge in [-0.1, -0.05) is 5.11 Å². The van der Waals surface area contributed by atoms with Crippen molar-refractivity contribution < 1.29 is 15.3 Å². The Kier molecular flexibility index (Phi) is 10.2. The van der Waals surface area contributed by atoms with Crippen LogP contribution in [0, 0.1) is 0 Å². The maximum absolute atomic E-state index is 8.52. The lowest BCUT2D eigenvalue weighted by atomic mass is 9.08. The van der Waals surface area contributed by atoms with Crippen molar-refractivity contribution in [2.45, 2.75) is 5.54 Å². The second-order valence-electron chi connectivity index (χ2n) is 2.47. The molecule has 0 saturated carbocycles. The molecule has 70 valence electrons. The molecule has 6 radical (unpaired) electrons. The van der Waals surface area contributed by atoms with E-state index in [0.29, 0.717) is 0 Å². The Balaban J connectivity index is 0. The van der Waals surface area contributed by atoms with Gasteiger partial charge in [0.2, 0.25) is 0 Å². The van der Waals surface area contributed by atoms with Crippen LogP contribution in [-0.2, 0) is 0 Å². The third kappa shape index (κ3) is 8.07. The van der Waals surface area contributed by atoms with Crippen LogP contribution in [0.2, 0.25) is 0 Å². The molecule has 3 N–H and O–H groups in total. The van der Waals surface area contributed by atoms with Gasteiger partial charge in [-0.15, -0.1) is 0 Å². The molecular weight excluding hydrogens is 181 g/mol. The van der Waals surface area contributed by atoms with E-state index in [1.165, 1.54) is 0 Å². The highest BCUT2D eigenvalue weighted by atomic mass is 16.3. The largest absolute Gasteiger partial charge is 0.395 e. The molecule has 0 spiro atoms. The monoisotopic (exact) mass is 191 g/mol. The van der Waals surface area contributed by atoms with Crippen LogP contribution in [0.15, 0.2) is 5.11 Å². The van der Waals surface area contributed by atoms with Gasteiger partial charge in [0.15, 0.2) is 0 Å². The van der Waals surface area contributed by atoms with Crippen molar-refractivity contribution in [3.05, 3.63) is 10.4 Å². The van der Waals surface area contributed by atoms with E-state index in [-0.39, 0.29) is 0 Å². The molecule has 0 unspecified atom stereocenters. The predicted octanol–water partition coefficient (Wildman–Crippen LogP) is -2.51. The molecule has 0 atom stereocenters. The van der Waals surface area contributed by atoms with E-state index in [4.69, 9.17) is 20.9 Å². The Hall–Kier alpha value is -0.550. The van der Waals surface area contributed by atoms with E-state index in [9.17, 15) is 0 Å². The molecule has 10 heteroatoms. The summed E-state index contributed by atoms with van der Waals surface area (Å²) >= 11 is 0. The van der Waals surface area contributed by atoms with Gasteiger partial charge in [0.25, 0.3) is 0 Å². The van der Waals surface area contributed by atoms with Crippen LogP contribution in [0.5, 0.6) is 0 Å². The predicted molar refractivity (Wildman–Crippen MR) is 56.2 cm³/mol. The number of aliphatic hydroxyl groups is 3. The number of rotatable bonds is 4. The lowest BCUT2D eigenvalue weighted by Gasteiger charge is -2.19. The molecule has 0 bridgehead atoms. The SMILES string of the molecule is [B]B([B])[B].[N-]=[N+]=NC(CO)(CO)CO. The van der Waals surface area contributed by atoms with Crippen molar-refractivity contribution in [3.8, 4) is 0 Å². The molecule has 14 heavy (non-hydrogen) atoms. The van der Waals surface area contributed by atoms with Crippen molar-refractivity contribution in [1.82, 2.24) is 0 Å². The smallest absolute Gasteiger partial charge is 0.118 e. The van der Waals surface area contributed by atoms with Gasteiger partial charge in [-0.3, -0.25) is 0 Å². The van der Waals surface area contributed by atoms with E-state index in [1.807, 2.05) is 0 Å². The molecule has 0 aromatic rings. The van der Waals surface area contributed by atoms with Crippen molar-refractivity contribution in [1.29, 1.82) is 0 Å². The second kappa shape index (κ2) is 9.02. The molecule has 0 aromatic carbocycles. The van der Waals surface area contributed by atoms with Crippen molar-refractivity contribution in [2.24, 2.45) is 5.11 Å². The summed E-state index contributed by atoms with van der Waals surface area (Å²) in [5, 5.41) is 28.6. The Morgan fingerprint density at radius 1 is 1.14 bits per heavy atom. The Bertz CT molecular complexity index is 172. The van der Waals surface area contributed by atoms with Crippen LogP contribution < -0.4 is 0 Å². The Morgan fingerprint density at radius 3 is 1.50 bits per heavy atom. The summed E-state index contributed by atoms with van der Waals surface area (Å²) in [5.74, 6) is 0. The summed E-state index contributed by atoms with van der Waals surface area (Å²) in [6, 6.07) is 0. The minimum absolute atomic E-state index is 0.565. The molecule has 0 aliphatic heterocycles. The first-order chi connectivity index (χ1) is 6.47. The van der Waals surface area contributed by atoms with E-state index in [2.05, 4.69) is 33.2 Å². The molecule has 0 fully saturated rings. The number of hydrogen-bond donors (Lipinski definition) is 3. The zero-order chi connectivity index (χ0) is 11.6. The zero-order valence-electron chi connectivity index (χ0n) is 7.61. The lowest BCUT2D eigenvalue weighted by molar-refractivity contribution is 0.0700. The average molecular weight is 190 g/mol. The van der Waals surface area contributed by atoms with Gasteiger partial charge in [0, 0.05) is 34.5 Å². The van der Waals surface area contributed by atoms with Gasteiger partial charge in [0.05, 0.1) is 19.8 Å². The summed E-state index contributed by atoms with van der Waals surface area (Å²) in [7, 11) is 14.0. The third-order valence-electron chi connectivity index (χ3n) is 1.14. The van der Waals surface area contributed by atoms with E-state index >= 15 is 0 Å². The lowest BCUT2D eigenvalue weighted by Crippen LogP contribution is -2.38. The third-order valence-corrected chi connectivity index (χ3v) is 1.14. The fraction of sp³-hybridized carbons (Fsp3) is 1.00. The zero-order valence-corrected chi connectivity index (χ0v) is 7.61. The number of azide groups is 1.